The number of aromatic nitrogens is 3. The molecule has 2 aromatic heterocycles. The van der Waals surface area contributed by atoms with Crippen molar-refractivity contribution in [3.05, 3.63) is 66.6 Å². The van der Waals surface area contributed by atoms with Gasteiger partial charge in [0, 0.05) is 25.8 Å². The number of hydrogen-bond acceptors (Lipinski definition) is 5. The van der Waals surface area contributed by atoms with E-state index in [0.717, 1.165) is 30.2 Å². The number of sulfonamides is 1. The minimum atomic E-state index is -3.65. The highest BCUT2D eigenvalue weighted by Gasteiger charge is 2.17. The smallest absolute Gasteiger partial charge is 0.244 e. The van der Waals surface area contributed by atoms with Crippen LogP contribution in [0.3, 0.4) is 0 Å². The third-order valence-corrected chi connectivity index (χ3v) is 5.61. The molecule has 3 aromatic rings. The summed E-state index contributed by atoms with van der Waals surface area (Å²) in [5.74, 6) is 0.885. The number of rotatable bonds is 8. The first-order valence-electron chi connectivity index (χ1n) is 8.83. The molecular weight excluding hydrogens is 362 g/mol. The van der Waals surface area contributed by atoms with Crippen molar-refractivity contribution in [1.82, 2.24) is 19.5 Å². The summed E-state index contributed by atoms with van der Waals surface area (Å²) in [6.45, 7) is 6.07. The van der Waals surface area contributed by atoms with Gasteiger partial charge in [-0.3, -0.25) is 0 Å². The molecule has 8 heteroatoms. The van der Waals surface area contributed by atoms with Gasteiger partial charge in [0.25, 0.3) is 0 Å². The first kappa shape index (κ1) is 19.1. The van der Waals surface area contributed by atoms with Gasteiger partial charge in [0.15, 0.2) is 0 Å². The van der Waals surface area contributed by atoms with Crippen LogP contribution in [0.15, 0.2) is 66.0 Å². The molecule has 27 heavy (non-hydrogen) atoms. The highest BCUT2D eigenvalue weighted by atomic mass is 32.2. The van der Waals surface area contributed by atoms with Crippen LogP contribution in [0.4, 0.5) is 5.82 Å². The summed E-state index contributed by atoms with van der Waals surface area (Å²) in [5, 5.41) is 4.14. The van der Waals surface area contributed by atoms with Crippen molar-refractivity contribution in [1.29, 1.82) is 0 Å². The van der Waals surface area contributed by atoms with Crippen molar-refractivity contribution >= 4 is 15.8 Å². The number of pyridine rings is 1. The fourth-order valence-electron chi connectivity index (χ4n) is 2.68. The molecule has 0 aliphatic heterocycles. The van der Waals surface area contributed by atoms with Gasteiger partial charge >= 0.3 is 0 Å². The minimum absolute atomic E-state index is 0.124. The van der Waals surface area contributed by atoms with Gasteiger partial charge in [-0.05, 0) is 37.6 Å². The third-order valence-electron chi connectivity index (χ3n) is 4.25. The van der Waals surface area contributed by atoms with E-state index in [0.29, 0.717) is 0 Å². The van der Waals surface area contributed by atoms with Crippen molar-refractivity contribution in [3.63, 3.8) is 0 Å². The molecule has 142 valence electrons. The maximum Gasteiger partial charge on any atom is 0.244 e. The van der Waals surface area contributed by atoms with Crippen LogP contribution in [0.1, 0.15) is 19.4 Å². The summed E-state index contributed by atoms with van der Waals surface area (Å²) in [7, 11) is -3.65. The predicted octanol–water partition coefficient (Wildman–Crippen LogP) is 2.59. The van der Waals surface area contributed by atoms with Gasteiger partial charge in [0.1, 0.15) is 10.7 Å². The first-order valence-corrected chi connectivity index (χ1v) is 10.3. The van der Waals surface area contributed by atoms with Gasteiger partial charge in [0.05, 0.1) is 18.1 Å². The van der Waals surface area contributed by atoms with Gasteiger partial charge in [-0.1, -0.05) is 24.3 Å². The second kappa shape index (κ2) is 8.32. The number of benzene rings is 1. The highest BCUT2D eigenvalue weighted by Crippen LogP contribution is 2.14. The Hall–Kier alpha value is -2.71. The second-order valence-corrected chi connectivity index (χ2v) is 7.74. The molecule has 0 atom stereocenters. The zero-order valence-electron chi connectivity index (χ0n) is 15.4. The molecule has 0 bridgehead atoms. The molecule has 0 radical (unpaired) electrons. The Morgan fingerprint density at radius 3 is 2.41 bits per heavy atom. The molecular formula is C19H23N5O2S. The topological polar surface area (TPSA) is 80.1 Å². The van der Waals surface area contributed by atoms with Crippen LogP contribution in [0.5, 0.6) is 0 Å². The lowest BCUT2D eigenvalue weighted by molar-refractivity contribution is 0.581. The van der Waals surface area contributed by atoms with E-state index >= 15 is 0 Å². The summed E-state index contributed by atoms with van der Waals surface area (Å²) >= 11 is 0. The molecule has 0 aliphatic rings. The lowest BCUT2D eigenvalue weighted by Gasteiger charge is -2.19. The third kappa shape index (κ3) is 4.53. The second-order valence-electron chi connectivity index (χ2n) is 5.98. The largest absolute Gasteiger partial charge is 0.357 e. The summed E-state index contributed by atoms with van der Waals surface area (Å²) in [4.78, 5) is 6.67. The van der Waals surface area contributed by atoms with Crippen LogP contribution in [-0.2, 0) is 16.6 Å². The van der Waals surface area contributed by atoms with Gasteiger partial charge in [-0.2, -0.15) is 5.10 Å². The summed E-state index contributed by atoms with van der Waals surface area (Å²) in [5.41, 5.74) is 1.60. The molecule has 3 rings (SSSR count). The Morgan fingerprint density at radius 1 is 1.04 bits per heavy atom. The molecule has 0 fully saturated rings. The summed E-state index contributed by atoms with van der Waals surface area (Å²) in [6, 6.07) is 13.2. The van der Waals surface area contributed by atoms with Gasteiger partial charge < -0.3 is 4.90 Å². The van der Waals surface area contributed by atoms with E-state index in [1.165, 1.54) is 17.1 Å². The zero-order valence-corrected chi connectivity index (χ0v) is 16.2. The molecule has 1 aromatic carbocycles. The molecule has 1 N–H and O–H groups in total. The van der Waals surface area contributed by atoms with Gasteiger partial charge in [0.2, 0.25) is 10.0 Å². The molecule has 0 amide bonds. The van der Waals surface area contributed by atoms with Crippen LogP contribution < -0.4 is 9.62 Å². The first-order chi connectivity index (χ1) is 13.0. The van der Waals surface area contributed by atoms with Crippen molar-refractivity contribution in [3.8, 4) is 5.69 Å². The summed E-state index contributed by atoms with van der Waals surface area (Å²) < 4.78 is 29.2. The Kier molecular flexibility index (Phi) is 5.88. The van der Waals surface area contributed by atoms with E-state index in [2.05, 4.69) is 33.6 Å². The monoisotopic (exact) mass is 385 g/mol. The molecule has 0 unspecified atom stereocenters. The van der Waals surface area contributed by atoms with Gasteiger partial charge in [-0.15, -0.1) is 0 Å². The van der Waals surface area contributed by atoms with Crippen LogP contribution in [0, 0.1) is 0 Å². The Labute approximate surface area is 159 Å². The Morgan fingerprint density at radius 2 is 1.78 bits per heavy atom. The van der Waals surface area contributed by atoms with E-state index in [1.54, 1.807) is 6.20 Å². The van der Waals surface area contributed by atoms with Gasteiger partial charge in [-0.25, -0.2) is 22.8 Å². The zero-order chi connectivity index (χ0) is 19.3. The molecule has 0 saturated carbocycles. The minimum Gasteiger partial charge on any atom is -0.357 e. The number of nitrogens with zero attached hydrogens (tertiary/aromatic N) is 4. The van der Waals surface area contributed by atoms with Crippen molar-refractivity contribution in [2.24, 2.45) is 0 Å². The molecule has 0 spiro atoms. The number of para-hydroxylation sites is 1. The van der Waals surface area contributed by atoms with Crippen molar-refractivity contribution < 1.29 is 8.42 Å². The lowest BCUT2D eigenvalue weighted by Crippen LogP contribution is -2.24. The Bertz CT molecular complexity index is 965. The van der Waals surface area contributed by atoms with Crippen LogP contribution in [-0.4, -0.2) is 36.3 Å². The van der Waals surface area contributed by atoms with E-state index in [1.807, 2.05) is 42.5 Å². The summed E-state index contributed by atoms with van der Waals surface area (Å²) in [6.07, 6.45) is 4.54. The van der Waals surface area contributed by atoms with E-state index in [9.17, 15) is 8.42 Å². The number of anilines is 1. The Balaban J connectivity index is 1.68. The van der Waals surface area contributed by atoms with E-state index in [4.69, 9.17) is 0 Å². The lowest BCUT2D eigenvalue weighted by atomic mass is 10.3. The van der Waals surface area contributed by atoms with Crippen molar-refractivity contribution in [2.45, 2.75) is 25.3 Å². The quantitative estimate of drug-likeness (QED) is 0.645. The average molecular weight is 385 g/mol. The van der Waals surface area contributed by atoms with E-state index in [-0.39, 0.29) is 11.4 Å². The SMILES string of the molecule is CCN(CC)c1ccc(CNS(=O)(=O)c2cnn(-c3ccccc3)c2)cn1. The maximum absolute atomic E-state index is 12.5. The standard InChI is InChI=1S/C19H23N5O2S/c1-3-23(4-2)19-11-10-16(12-20-19)13-22-27(25,26)18-14-21-24(15-18)17-8-6-5-7-9-17/h5-12,14-15,22H,3-4,13H2,1-2H3. The highest BCUT2D eigenvalue weighted by molar-refractivity contribution is 7.89. The number of hydrogen-bond donors (Lipinski definition) is 1. The molecule has 0 aliphatic carbocycles. The molecule has 0 saturated heterocycles. The molecule has 2 heterocycles. The van der Waals surface area contributed by atoms with Crippen LogP contribution >= 0.6 is 0 Å². The maximum atomic E-state index is 12.5. The van der Waals surface area contributed by atoms with Crippen LogP contribution in [0.2, 0.25) is 0 Å². The fourth-order valence-corrected chi connectivity index (χ4v) is 3.63. The van der Waals surface area contributed by atoms with E-state index < -0.39 is 10.0 Å². The molecule has 7 nitrogen and oxygen atoms in total. The van der Waals surface area contributed by atoms with Crippen LogP contribution in [0.25, 0.3) is 5.69 Å². The normalized spacial score (nSPS) is 11.5. The number of nitrogens with one attached hydrogen (secondary N) is 1. The predicted molar refractivity (Wildman–Crippen MR) is 105 cm³/mol. The van der Waals surface area contributed by atoms with Crippen molar-refractivity contribution in [2.75, 3.05) is 18.0 Å². The fraction of sp³-hybridized carbons (Fsp3) is 0.263. The average Bonchev–Trinajstić information content (AvgIpc) is 3.20.